The molecule has 5 rings (SSSR count). The van der Waals surface area contributed by atoms with Crippen molar-refractivity contribution in [1.29, 1.82) is 0 Å². The number of Topliss-reactive ketones (excluding diaryl/α,β-unsaturated/α-hetero) is 1. The third-order valence-electron chi connectivity index (χ3n) is 6.73. The summed E-state index contributed by atoms with van der Waals surface area (Å²) in [5, 5.41) is 13.6. The molecule has 2 aliphatic rings. The first-order valence-corrected chi connectivity index (χ1v) is 11.8. The SMILES string of the molecule is CC1=C(C(=O)OCc2ccccc2)[C@@H](c2cccc(O)c2)C2=C(C[C@H](c3ccccc3)CC2=O)N1. The number of esters is 1. The summed E-state index contributed by atoms with van der Waals surface area (Å²) in [4.78, 5) is 27.0. The maximum Gasteiger partial charge on any atom is 0.337 e. The van der Waals surface area contributed by atoms with E-state index in [4.69, 9.17) is 4.74 Å². The van der Waals surface area contributed by atoms with Gasteiger partial charge in [0.15, 0.2) is 5.78 Å². The Morgan fingerprint density at radius 2 is 1.63 bits per heavy atom. The van der Waals surface area contributed by atoms with Crippen molar-refractivity contribution in [1.82, 2.24) is 5.32 Å². The number of rotatable bonds is 5. The van der Waals surface area contributed by atoms with Gasteiger partial charge in [0.25, 0.3) is 0 Å². The van der Waals surface area contributed by atoms with Gasteiger partial charge in [-0.25, -0.2) is 4.79 Å². The number of aromatic hydroxyl groups is 1. The molecule has 3 aromatic rings. The fourth-order valence-corrected chi connectivity index (χ4v) is 5.11. The third-order valence-corrected chi connectivity index (χ3v) is 6.73. The average Bonchev–Trinajstić information content (AvgIpc) is 2.87. The summed E-state index contributed by atoms with van der Waals surface area (Å²) < 4.78 is 5.69. The van der Waals surface area contributed by atoms with Crippen LogP contribution in [0.4, 0.5) is 0 Å². The van der Waals surface area contributed by atoms with Crippen LogP contribution in [0, 0.1) is 0 Å². The molecule has 5 nitrogen and oxygen atoms in total. The van der Waals surface area contributed by atoms with Crippen molar-refractivity contribution in [3.63, 3.8) is 0 Å². The number of ketones is 1. The lowest BCUT2D eigenvalue weighted by atomic mass is 9.71. The van der Waals surface area contributed by atoms with Gasteiger partial charge in [0.2, 0.25) is 0 Å². The highest BCUT2D eigenvalue weighted by Crippen LogP contribution is 2.46. The van der Waals surface area contributed by atoms with E-state index in [1.807, 2.05) is 73.7 Å². The van der Waals surface area contributed by atoms with E-state index in [-0.39, 0.29) is 24.1 Å². The minimum Gasteiger partial charge on any atom is -0.508 e. The monoisotopic (exact) mass is 465 g/mol. The predicted molar refractivity (Wildman–Crippen MR) is 133 cm³/mol. The van der Waals surface area contributed by atoms with Gasteiger partial charge in [0, 0.05) is 29.3 Å². The molecule has 176 valence electrons. The molecule has 1 heterocycles. The smallest absolute Gasteiger partial charge is 0.337 e. The van der Waals surface area contributed by atoms with Crippen LogP contribution in [0.15, 0.2) is 107 Å². The van der Waals surface area contributed by atoms with E-state index in [2.05, 4.69) is 5.32 Å². The van der Waals surface area contributed by atoms with Gasteiger partial charge in [-0.2, -0.15) is 0 Å². The summed E-state index contributed by atoms with van der Waals surface area (Å²) in [6, 6.07) is 26.3. The Balaban J connectivity index is 1.52. The molecule has 0 saturated heterocycles. The number of dihydropyridines is 1. The number of hydrogen-bond donors (Lipinski definition) is 2. The number of nitrogens with one attached hydrogen (secondary N) is 1. The fourth-order valence-electron chi connectivity index (χ4n) is 5.11. The zero-order valence-corrected chi connectivity index (χ0v) is 19.5. The standard InChI is InChI=1S/C30H27NO4/c1-19-27(30(34)35-18-20-9-4-2-5-10-20)28(22-13-8-14-24(32)15-22)29-25(31-19)16-23(17-26(29)33)21-11-6-3-7-12-21/h2-15,23,28,31-32H,16-18H2,1H3/t23-,28+/m0/s1. The molecule has 0 amide bonds. The number of phenolic OH excluding ortho intramolecular Hbond substituents is 1. The summed E-state index contributed by atoms with van der Waals surface area (Å²) in [6.07, 6.45) is 1.04. The quantitative estimate of drug-likeness (QED) is 0.487. The van der Waals surface area contributed by atoms with Crippen molar-refractivity contribution in [3.05, 3.63) is 124 Å². The van der Waals surface area contributed by atoms with E-state index < -0.39 is 11.9 Å². The molecule has 0 unspecified atom stereocenters. The van der Waals surface area contributed by atoms with Gasteiger partial charge in [-0.3, -0.25) is 4.79 Å². The first-order valence-electron chi connectivity index (χ1n) is 11.8. The van der Waals surface area contributed by atoms with Crippen LogP contribution in [0.5, 0.6) is 5.75 Å². The summed E-state index contributed by atoms with van der Waals surface area (Å²) in [7, 11) is 0. The molecule has 0 radical (unpaired) electrons. The minimum absolute atomic E-state index is 0.00167. The number of hydrogen-bond acceptors (Lipinski definition) is 5. The van der Waals surface area contributed by atoms with Crippen LogP contribution < -0.4 is 5.32 Å². The first-order chi connectivity index (χ1) is 17.0. The molecule has 2 N–H and O–H groups in total. The van der Waals surface area contributed by atoms with E-state index in [9.17, 15) is 14.7 Å². The second-order valence-electron chi connectivity index (χ2n) is 9.08. The van der Waals surface area contributed by atoms with Crippen LogP contribution in [0.25, 0.3) is 0 Å². The van der Waals surface area contributed by atoms with E-state index in [1.54, 1.807) is 18.2 Å². The highest BCUT2D eigenvalue weighted by Gasteiger charge is 2.41. The lowest BCUT2D eigenvalue weighted by molar-refractivity contribution is -0.140. The van der Waals surface area contributed by atoms with Crippen molar-refractivity contribution in [3.8, 4) is 5.75 Å². The fraction of sp³-hybridized carbons (Fsp3) is 0.200. The molecular formula is C30H27NO4. The topological polar surface area (TPSA) is 75.6 Å². The maximum absolute atomic E-state index is 13.6. The molecule has 2 atom stereocenters. The van der Waals surface area contributed by atoms with Gasteiger partial charge >= 0.3 is 5.97 Å². The number of carbonyl (C=O) groups excluding carboxylic acids is 2. The molecule has 0 bridgehead atoms. The van der Waals surface area contributed by atoms with Crippen molar-refractivity contribution in [2.24, 2.45) is 0 Å². The van der Waals surface area contributed by atoms with E-state index in [0.29, 0.717) is 35.2 Å². The van der Waals surface area contributed by atoms with Crippen LogP contribution in [0.2, 0.25) is 0 Å². The maximum atomic E-state index is 13.6. The Morgan fingerprint density at radius 3 is 2.34 bits per heavy atom. The van der Waals surface area contributed by atoms with Gasteiger partial charge in [-0.05, 0) is 48.1 Å². The molecule has 0 fully saturated rings. The van der Waals surface area contributed by atoms with Crippen molar-refractivity contribution < 1.29 is 19.4 Å². The van der Waals surface area contributed by atoms with Gasteiger partial charge in [0.05, 0.1) is 5.57 Å². The van der Waals surface area contributed by atoms with Crippen LogP contribution in [0.1, 0.15) is 48.3 Å². The summed E-state index contributed by atoms with van der Waals surface area (Å²) in [5.41, 5.74) is 5.18. The number of carbonyl (C=O) groups is 2. The molecule has 0 spiro atoms. The predicted octanol–water partition coefficient (Wildman–Crippen LogP) is 5.50. The van der Waals surface area contributed by atoms with Crippen LogP contribution >= 0.6 is 0 Å². The minimum atomic E-state index is -0.606. The lowest BCUT2D eigenvalue weighted by Crippen LogP contribution is -2.36. The van der Waals surface area contributed by atoms with Crippen LogP contribution in [-0.4, -0.2) is 16.9 Å². The number of ether oxygens (including phenoxy) is 1. The highest BCUT2D eigenvalue weighted by atomic mass is 16.5. The Labute approximate surface area is 204 Å². The Hall–Kier alpha value is -4.12. The molecule has 3 aromatic carbocycles. The zero-order chi connectivity index (χ0) is 24.4. The molecule has 0 aromatic heterocycles. The summed E-state index contributed by atoms with van der Waals surface area (Å²) >= 11 is 0. The summed E-state index contributed by atoms with van der Waals surface area (Å²) in [5.74, 6) is -0.924. The van der Waals surface area contributed by atoms with E-state index in [0.717, 1.165) is 16.8 Å². The van der Waals surface area contributed by atoms with Crippen molar-refractivity contribution in [2.75, 3.05) is 0 Å². The van der Waals surface area contributed by atoms with Crippen LogP contribution in [-0.2, 0) is 20.9 Å². The number of benzene rings is 3. The Morgan fingerprint density at radius 1 is 0.943 bits per heavy atom. The molecule has 1 aliphatic carbocycles. The molecular weight excluding hydrogens is 438 g/mol. The van der Waals surface area contributed by atoms with Gasteiger partial charge in [0.1, 0.15) is 12.4 Å². The van der Waals surface area contributed by atoms with E-state index >= 15 is 0 Å². The second-order valence-corrected chi connectivity index (χ2v) is 9.08. The third kappa shape index (κ3) is 4.62. The lowest BCUT2D eigenvalue weighted by Gasteiger charge is -2.36. The molecule has 5 heteroatoms. The van der Waals surface area contributed by atoms with Gasteiger partial charge < -0.3 is 15.2 Å². The normalized spacial score (nSPS) is 19.7. The Kier molecular flexibility index (Phi) is 6.23. The van der Waals surface area contributed by atoms with Crippen molar-refractivity contribution in [2.45, 2.75) is 38.2 Å². The van der Waals surface area contributed by atoms with Gasteiger partial charge in [-0.1, -0.05) is 72.8 Å². The second kappa shape index (κ2) is 9.63. The number of allylic oxidation sites excluding steroid dienone is 3. The van der Waals surface area contributed by atoms with Crippen LogP contribution in [0.3, 0.4) is 0 Å². The zero-order valence-electron chi connectivity index (χ0n) is 19.5. The molecule has 35 heavy (non-hydrogen) atoms. The van der Waals surface area contributed by atoms with Crippen molar-refractivity contribution >= 4 is 11.8 Å². The molecule has 0 saturated carbocycles. The Bertz CT molecular complexity index is 1320. The summed E-state index contributed by atoms with van der Waals surface area (Å²) in [6.45, 7) is 1.98. The first kappa shape index (κ1) is 22.7. The van der Waals surface area contributed by atoms with Gasteiger partial charge in [-0.15, -0.1) is 0 Å². The van der Waals surface area contributed by atoms with E-state index in [1.165, 1.54) is 0 Å². The average molecular weight is 466 g/mol. The highest BCUT2D eigenvalue weighted by molar-refractivity contribution is 6.04. The number of phenols is 1. The largest absolute Gasteiger partial charge is 0.508 e. The molecule has 1 aliphatic heterocycles.